The maximum atomic E-state index is 13.3. The van der Waals surface area contributed by atoms with E-state index in [1.807, 2.05) is 0 Å². The zero-order valence-corrected chi connectivity index (χ0v) is 17.4. The quantitative estimate of drug-likeness (QED) is 0.427. The average molecular weight is 417 g/mol. The summed E-state index contributed by atoms with van der Waals surface area (Å²) in [5, 5.41) is 0. The first-order chi connectivity index (χ1) is 14.0. The molecule has 1 unspecified atom stereocenters. The molecule has 2 aliphatic rings. The van der Waals surface area contributed by atoms with Crippen LogP contribution in [0.25, 0.3) is 6.08 Å². The van der Waals surface area contributed by atoms with Crippen LogP contribution in [0.4, 0.5) is 9.18 Å². The number of ether oxygens (including phenoxy) is 2. The molecule has 1 saturated heterocycles. The van der Waals surface area contributed by atoms with Gasteiger partial charge in [0.2, 0.25) is 17.1 Å². The Labute approximate surface area is 173 Å². The lowest BCUT2D eigenvalue weighted by Gasteiger charge is -2.30. The Bertz CT molecular complexity index is 914. The van der Waals surface area contributed by atoms with Crippen molar-refractivity contribution in [3.05, 3.63) is 41.2 Å². The molecule has 1 aliphatic heterocycles. The van der Waals surface area contributed by atoms with Crippen LogP contribution >= 0.6 is 0 Å². The zero-order valence-electron chi connectivity index (χ0n) is 17.4. The van der Waals surface area contributed by atoms with Gasteiger partial charge in [-0.25, -0.2) is 9.18 Å². The average Bonchev–Trinajstić information content (AvgIpc) is 3.22. The van der Waals surface area contributed by atoms with Gasteiger partial charge in [0.1, 0.15) is 17.5 Å². The van der Waals surface area contributed by atoms with Crippen LogP contribution in [0.3, 0.4) is 0 Å². The van der Waals surface area contributed by atoms with Crippen molar-refractivity contribution < 1.29 is 33.0 Å². The molecule has 7 nitrogen and oxygen atoms in total. The molecule has 1 heterocycles. The van der Waals surface area contributed by atoms with Crippen molar-refractivity contribution in [2.45, 2.75) is 51.4 Å². The Balaban J connectivity index is 2.14. The molecule has 1 atom stereocenters. The standard InChI is InChI=1S/C22H24FNO6/c1-5-29-16-10-11-24(20(28)30-21(2,3)4)22(18(26)19(22)27)15(17(16)25)12-13-6-8-14(23)9-7-13/h6-9,12,16H,5,10-11H2,1-4H3. The molecule has 3 rings (SSSR count). The Hall–Kier alpha value is -2.87. The van der Waals surface area contributed by atoms with Crippen molar-refractivity contribution in [3.8, 4) is 0 Å². The predicted octanol–water partition coefficient (Wildman–Crippen LogP) is 2.71. The molecule has 0 bridgehead atoms. The predicted molar refractivity (Wildman–Crippen MR) is 105 cm³/mol. The van der Waals surface area contributed by atoms with E-state index in [2.05, 4.69) is 0 Å². The minimum Gasteiger partial charge on any atom is -0.444 e. The second-order valence-corrected chi connectivity index (χ2v) is 8.21. The van der Waals surface area contributed by atoms with Crippen LogP contribution in [0.15, 0.2) is 29.8 Å². The summed E-state index contributed by atoms with van der Waals surface area (Å²) in [6, 6.07) is 5.23. The van der Waals surface area contributed by atoms with Gasteiger partial charge in [-0.15, -0.1) is 0 Å². The molecule has 1 spiro atoms. The van der Waals surface area contributed by atoms with Crippen LogP contribution < -0.4 is 0 Å². The largest absolute Gasteiger partial charge is 0.444 e. The molecule has 8 heteroatoms. The fourth-order valence-electron chi connectivity index (χ4n) is 3.57. The van der Waals surface area contributed by atoms with Crippen LogP contribution in [-0.4, -0.2) is 58.7 Å². The number of halogens is 1. The minimum absolute atomic E-state index is 0.0659. The second-order valence-electron chi connectivity index (χ2n) is 8.21. The van der Waals surface area contributed by atoms with Gasteiger partial charge in [0.05, 0.1) is 0 Å². The molecule has 30 heavy (non-hydrogen) atoms. The summed E-state index contributed by atoms with van der Waals surface area (Å²) >= 11 is 0. The number of benzene rings is 1. The van der Waals surface area contributed by atoms with E-state index in [1.54, 1.807) is 27.7 Å². The molecule has 0 N–H and O–H groups in total. The number of hydrogen-bond acceptors (Lipinski definition) is 6. The van der Waals surface area contributed by atoms with Gasteiger partial charge >= 0.3 is 6.09 Å². The fourth-order valence-corrected chi connectivity index (χ4v) is 3.57. The van der Waals surface area contributed by atoms with Gasteiger partial charge in [-0.1, -0.05) is 12.1 Å². The summed E-state index contributed by atoms with van der Waals surface area (Å²) in [6.07, 6.45) is -0.335. The summed E-state index contributed by atoms with van der Waals surface area (Å²) in [5.74, 6) is -2.73. The highest BCUT2D eigenvalue weighted by Crippen LogP contribution is 2.45. The molecular weight excluding hydrogens is 393 g/mol. The van der Waals surface area contributed by atoms with E-state index in [9.17, 15) is 23.6 Å². The number of likely N-dealkylation sites (tertiary alicyclic amines) is 1. The summed E-state index contributed by atoms with van der Waals surface area (Å²) in [7, 11) is 0. The Morgan fingerprint density at radius 3 is 2.30 bits per heavy atom. The number of ketones is 3. The van der Waals surface area contributed by atoms with Crippen molar-refractivity contribution in [2.75, 3.05) is 13.2 Å². The zero-order chi connectivity index (χ0) is 22.3. The SMILES string of the molecule is CCOC1CCN(C(=O)OC(C)(C)C)C2(C(=O)C2=O)C(=Cc2ccc(F)cc2)C1=O. The van der Waals surface area contributed by atoms with Crippen LogP contribution in [0.2, 0.25) is 0 Å². The molecule has 0 aromatic heterocycles. The first-order valence-corrected chi connectivity index (χ1v) is 9.75. The topological polar surface area (TPSA) is 90.0 Å². The third-order valence-corrected chi connectivity index (χ3v) is 4.93. The fraction of sp³-hybridized carbons (Fsp3) is 0.455. The molecule has 0 radical (unpaired) electrons. The van der Waals surface area contributed by atoms with Gasteiger partial charge in [0, 0.05) is 18.7 Å². The smallest absolute Gasteiger partial charge is 0.411 e. The van der Waals surface area contributed by atoms with Crippen LogP contribution in [0, 0.1) is 5.82 Å². The summed E-state index contributed by atoms with van der Waals surface area (Å²) in [6.45, 7) is 6.88. The van der Waals surface area contributed by atoms with Gasteiger partial charge in [0.25, 0.3) is 0 Å². The lowest BCUT2D eigenvalue weighted by Crippen LogP contribution is -2.48. The number of Topliss-reactive ketones (excluding diaryl/α,β-unsaturated/α-hetero) is 3. The lowest BCUT2D eigenvalue weighted by atomic mass is 9.94. The first-order valence-electron chi connectivity index (χ1n) is 9.75. The molecular formula is C22H24FNO6. The third kappa shape index (κ3) is 3.79. The number of nitrogens with zero attached hydrogens (tertiary/aromatic N) is 1. The molecule has 1 aromatic rings. The number of amides is 1. The van der Waals surface area contributed by atoms with Gasteiger partial charge in [-0.3, -0.25) is 19.3 Å². The first kappa shape index (κ1) is 21.8. The number of rotatable bonds is 3. The normalized spacial score (nSPS) is 22.4. The Kier molecular flexibility index (Phi) is 5.64. The van der Waals surface area contributed by atoms with Crippen LogP contribution in [-0.2, 0) is 23.9 Å². The molecule has 160 valence electrons. The van der Waals surface area contributed by atoms with E-state index in [0.717, 1.165) is 4.90 Å². The molecule has 1 aromatic carbocycles. The maximum Gasteiger partial charge on any atom is 0.411 e. The van der Waals surface area contributed by atoms with E-state index in [4.69, 9.17) is 9.47 Å². The van der Waals surface area contributed by atoms with E-state index in [-0.39, 0.29) is 25.1 Å². The van der Waals surface area contributed by atoms with Crippen molar-refractivity contribution in [1.82, 2.24) is 4.90 Å². The monoisotopic (exact) mass is 417 g/mol. The number of carbonyl (C=O) groups is 4. The van der Waals surface area contributed by atoms with E-state index in [0.29, 0.717) is 5.56 Å². The minimum atomic E-state index is -2.03. The van der Waals surface area contributed by atoms with Gasteiger partial charge in [-0.05, 0) is 57.9 Å². The molecule has 1 saturated carbocycles. The second kappa shape index (κ2) is 7.75. The highest BCUT2D eigenvalue weighted by Gasteiger charge is 2.75. The van der Waals surface area contributed by atoms with Crippen molar-refractivity contribution in [3.63, 3.8) is 0 Å². The Morgan fingerprint density at radius 2 is 1.80 bits per heavy atom. The molecule has 1 amide bonds. The third-order valence-electron chi connectivity index (χ3n) is 4.93. The van der Waals surface area contributed by atoms with Crippen molar-refractivity contribution in [1.29, 1.82) is 0 Å². The van der Waals surface area contributed by atoms with E-state index < -0.39 is 46.5 Å². The summed E-state index contributed by atoms with van der Waals surface area (Å²) in [5.41, 5.74) is -2.64. The number of hydrogen-bond donors (Lipinski definition) is 0. The maximum absolute atomic E-state index is 13.3. The summed E-state index contributed by atoms with van der Waals surface area (Å²) in [4.78, 5) is 52.4. The van der Waals surface area contributed by atoms with Gasteiger partial charge in [-0.2, -0.15) is 0 Å². The highest BCUT2D eigenvalue weighted by atomic mass is 19.1. The number of carbonyl (C=O) groups excluding carboxylic acids is 4. The molecule has 1 aliphatic carbocycles. The Morgan fingerprint density at radius 1 is 1.20 bits per heavy atom. The van der Waals surface area contributed by atoms with Crippen LogP contribution in [0.5, 0.6) is 0 Å². The van der Waals surface area contributed by atoms with E-state index >= 15 is 0 Å². The lowest BCUT2D eigenvalue weighted by molar-refractivity contribution is -0.127. The van der Waals surface area contributed by atoms with Crippen molar-refractivity contribution in [2.24, 2.45) is 0 Å². The summed E-state index contributed by atoms with van der Waals surface area (Å²) < 4.78 is 24.2. The van der Waals surface area contributed by atoms with Gasteiger partial charge in [0.15, 0.2) is 5.78 Å². The van der Waals surface area contributed by atoms with Crippen LogP contribution in [0.1, 0.15) is 39.7 Å². The highest BCUT2D eigenvalue weighted by molar-refractivity contribution is 6.70. The van der Waals surface area contributed by atoms with Crippen molar-refractivity contribution >= 4 is 29.5 Å². The van der Waals surface area contributed by atoms with Gasteiger partial charge < -0.3 is 9.47 Å². The van der Waals surface area contributed by atoms with E-state index in [1.165, 1.54) is 30.3 Å². The molecule has 2 fully saturated rings.